The molecule has 8 nitrogen and oxygen atoms in total. The minimum absolute atomic E-state index is 0.0913. The van der Waals surface area contributed by atoms with E-state index in [9.17, 15) is 19.5 Å². The number of carbonyl (C=O) groups excluding carboxylic acids is 2. The van der Waals surface area contributed by atoms with E-state index in [4.69, 9.17) is 10.2 Å². The van der Waals surface area contributed by atoms with Crippen LogP contribution < -0.4 is 10.6 Å². The second-order valence-electron chi connectivity index (χ2n) is 8.43. The Kier molecular flexibility index (Phi) is 17.1. The van der Waals surface area contributed by atoms with Gasteiger partial charge in [0.1, 0.15) is 6.04 Å². The van der Waals surface area contributed by atoms with Crippen LogP contribution in [0.25, 0.3) is 0 Å². The Bertz CT molecular complexity index is 484. The molecule has 2 atom stereocenters. The third-order valence-corrected chi connectivity index (χ3v) is 5.00. The highest BCUT2D eigenvalue weighted by Crippen LogP contribution is 2.14. The first-order valence-electron chi connectivity index (χ1n) is 11.3. The van der Waals surface area contributed by atoms with Crippen molar-refractivity contribution in [2.24, 2.45) is 5.92 Å². The molecule has 0 spiro atoms. The topological polar surface area (TPSA) is 136 Å². The van der Waals surface area contributed by atoms with Gasteiger partial charge in [0.15, 0.2) is 0 Å². The third kappa shape index (κ3) is 17.2. The largest absolute Gasteiger partial charge is 0.480 e. The van der Waals surface area contributed by atoms with Crippen molar-refractivity contribution >= 4 is 17.8 Å². The zero-order chi connectivity index (χ0) is 22.8. The lowest BCUT2D eigenvalue weighted by Crippen LogP contribution is -2.47. The van der Waals surface area contributed by atoms with E-state index in [0.29, 0.717) is 6.42 Å². The van der Waals surface area contributed by atoms with Gasteiger partial charge < -0.3 is 26.0 Å². The molecule has 30 heavy (non-hydrogen) atoms. The van der Waals surface area contributed by atoms with Gasteiger partial charge in [0, 0.05) is 0 Å². The van der Waals surface area contributed by atoms with Crippen LogP contribution in [0.15, 0.2) is 0 Å². The smallest absolute Gasteiger partial charge is 0.328 e. The maximum absolute atomic E-state index is 11.7. The maximum Gasteiger partial charge on any atom is 0.328 e. The van der Waals surface area contributed by atoms with E-state index in [0.717, 1.165) is 25.2 Å². The second-order valence-corrected chi connectivity index (χ2v) is 8.43. The van der Waals surface area contributed by atoms with Crippen LogP contribution >= 0.6 is 0 Å². The van der Waals surface area contributed by atoms with E-state index in [1.807, 2.05) is 0 Å². The van der Waals surface area contributed by atoms with E-state index in [1.54, 1.807) is 0 Å². The first-order valence-corrected chi connectivity index (χ1v) is 11.3. The van der Waals surface area contributed by atoms with Gasteiger partial charge >= 0.3 is 5.97 Å². The Balaban J connectivity index is 3.61. The van der Waals surface area contributed by atoms with Crippen molar-refractivity contribution in [2.45, 2.75) is 103 Å². The van der Waals surface area contributed by atoms with Crippen LogP contribution in [0.4, 0.5) is 0 Å². The average molecular weight is 431 g/mol. The second kappa shape index (κ2) is 18.1. The minimum Gasteiger partial charge on any atom is -0.480 e. The number of hydrogen-bond donors (Lipinski definition) is 5. The van der Waals surface area contributed by atoms with Crippen LogP contribution in [0.3, 0.4) is 0 Å². The maximum atomic E-state index is 11.7. The van der Waals surface area contributed by atoms with Crippen molar-refractivity contribution < 1.29 is 29.7 Å². The molecular formula is C22H42N2O6. The Hall–Kier alpha value is -1.67. The number of carboxylic acid groups (broad SMARTS) is 1. The molecule has 0 radical (unpaired) electrons. The predicted octanol–water partition coefficient (Wildman–Crippen LogP) is 2.36. The molecule has 0 aliphatic rings. The Morgan fingerprint density at radius 1 is 0.800 bits per heavy atom. The lowest BCUT2D eigenvalue weighted by molar-refractivity contribution is -0.142. The molecule has 0 heterocycles. The lowest BCUT2D eigenvalue weighted by Gasteiger charge is -2.13. The Morgan fingerprint density at radius 3 is 1.77 bits per heavy atom. The number of carboxylic acids is 1. The van der Waals surface area contributed by atoms with Crippen LogP contribution in [0.1, 0.15) is 90.9 Å². The highest BCUT2D eigenvalue weighted by molar-refractivity contribution is 5.87. The number of aliphatic carboxylic acids is 1. The molecule has 0 rings (SSSR count). The fourth-order valence-corrected chi connectivity index (χ4v) is 3.17. The molecule has 2 amide bonds. The van der Waals surface area contributed by atoms with Gasteiger partial charge in [-0.1, -0.05) is 78.1 Å². The molecule has 176 valence electrons. The Labute approximate surface area is 180 Å². The molecule has 0 aliphatic carbocycles. The molecule has 0 saturated carbocycles. The number of carbonyl (C=O) groups is 3. The van der Waals surface area contributed by atoms with Crippen LogP contribution in [0, 0.1) is 5.92 Å². The quantitative estimate of drug-likeness (QED) is 0.200. The van der Waals surface area contributed by atoms with Crippen LogP contribution in [-0.4, -0.2) is 58.4 Å². The van der Waals surface area contributed by atoms with Crippen molar-refractivity contribution in [3.8, 4) is 0 Å². The monoisotopic (exact) mass is 430 g/mol. The molecule has 5 N–H and O–H groups in total. The first-order chi connectivity index (χ1) is 14.3. The summed E-state index contributed by atoms with van der Waals surface area (Å²) >= 11 is 0. The van der Waals surface area contributed by atoms with Gasteiger partial charge in [-0.15, -0.1) is 0 Å². The molecular weight excluding hydrogens is 388 g/mol. The van der Waals surface area contributed by atoms with E-state index in [1.165, 1.54) is 44.9 Å². The highest BCUT2D eigenvalue weighted by atomic mass is 16.4. The van der Waals surface area contributed by atoms with Crippen LogP contribution in [0.5, 0.6) is 0 Å². The summed E-state index contributed by atoms with van der Waals surface area (Å²) in [5.41, 5.74) is 0. The number of unbranched alkanes of at least 4 members (excludes halogenated alkanes) is 8. The van der Waals surface area contributed by atoms with Crippen LogP contribution in [-0.2, 0) is 14.4 Å². The fourth-order valence-electron chi connectivity index (χ4n) is 3.17. The van der Waals surface area contributed by atoms with Gasteiger partial charge in [-0.3, -0.25) is 9.59 Å². The van der Waals surface area contributed by atoms with Crippen molar-refractivity contribution in [3.05, 3.63) is 0 Å². The zero-order valence-corrected chi connectivity index (χ0v) is 18.7. The number of amides is 2. The third-order valence-electron chi connectivity index (χ3n) is 5.00. The number of nitrogens with one attached hydrogen (secondary N) is 2. The molecule has 0 aromatic carbocycles. The van der Waals surface area contributed by atoms with Crippen LogP contribution in [0.2, 0.25) is 0 Å². The molecule has 0 aromatic heterocycles. The molecule has 8 heteroatoms. The molecule has 0 unspecified atom stereocenters. The van der Waals surface area contributed by atoms with E-state index >= 15 is 0 Å². The summed E-state index contributed by atoms with van der Waals surface area (Å²) in [6.07, 6.45) is 11.8. The summed E-state index contributed by atoms with van der Waals surface area (Å²) in [4.78, 5) is 34.0. The van der Waals surface area contributed by atoms with Gasteiger partial charge in [0.25, 0.3) is 0 Å². The predicted molar refractivity (Wildman–Crippen MR) is 116 cm³/mol. The molecule has 0 fully saturated rings. The number of rotatable bonds is 19. The van der Waals surface area contributed by atoms with Crippen molar-refractivity contribution in [1.29, 1.82) is 0 Å². The van der Waals surface area contributed by atoms with Crippen molar-refractivity contribution in [1.82, 2.24) is 10.6 Å². The normalized spacial score (nSPS) is 13.1. The lowest BCUT2D eigenvalue weighted by atomic mass is 10.0. The van der Waals surface area contributed by atoms with Crippen molar-refractivity contribution in [3.63, 3.8) is 0 Å². The fraction of sp³-hybridized carbons (Fsp3) is 0.864. The van der Waals surface area contributed by atoms with E-state index < -0.39 is 43.1 Å². The number of hydrogen-bond acceptors (Lipinski definition) is 5. The summed E-state index contributed by atoms with van der Waals surface area (Å²) < 4.78 is 0. The molecule has 0 bridgehead atoms. The van der Waals surface area contributed by atoms with Gasteiger partial charge in [0.2, 0.25) is 11.8 Å². The Morgan fingerprint density at radius 2 is 1.30 bits per heavy atom. The summed E-state index contributed by atoms with van der Waals surface area (Å²) in [6, 6.07) is -1.40. The summed E-state index contributed by atoms with van der Waals surface area (Å²) in [5, 5.41) is 31.9. The van der Waals surface area contributed by atoms with Gasteiger partial charge in [-0.05, 0) is 12.3 Å². The minimum atomic E-state index is -1.40. The number of aliphatic hydroxyl groups is 2. The SMILES string of the molecule is CC(C)CCCCCCCCCCC[C@H](O)CC(=O)NCC(=O)N[C@@H](CO)C(=O)O. The van der Waals surface area contributed by atoms with Gasteiger partial charge in [0.05, 0.1) is 25.7 Å². The van der Waals surface area contributed by atoms with E-state index in [-0.39, 0.29) is 6.42 Å². The average Bonchev–Trinajstić information content (AvgIpc) is 2.68. The van der Waals surface area contributed by atoms with Gasteiger partial charge in [-0.2, -0.15) is 0 Å². The zero-order valence-electron chi connectivity index (χ0n) is 18.7. The molecule has 0 saturated heterocycles. The highest BCUT2D eigenvalue weighted by Gasteiger charge is 2.19. The molecule has 0 aromatic rings. The van der Waals surface area contributed by atoms with Gasteiger partial charge in [-0.25, -0.2) is 4.79 Å². The van der Waals surface area contributed by atoms with E-state index in [2.05, 4.69) is 24.5 Å². The standard InChI is InChI=1S/C22H42N2O6/c1-17(2)12-10-8-6-4-3-5-7-9-11-13-18(26)14-20(27)23-15-21(28)24-19(16-25)22(29)30/h17-19,25-26H,3-16H2,1-2H3,(H,23,27)(H,24,28)(H,29,30)/t18-,19-/m0/s1. The summed E-state index contributed by atoms with van der Waals surface area (Å²) in [6.45, 7) is 3.40. The summed E-state index contributed by atoms with van der Waals surface area (Å²) in [5.74, 6) is -1.73. The molecule has 0 aliphatic heterocycles. The first kappa shape index (κ1) is 28.3. The number of aliphatic hydroxyl groups excluding tert-OH is 2. The summed E-state index contributed by atoms with van der Waals surface area (Å²) in [7, 11) is 0. The van der Waals surface area contributed by atoms with Crippen molar-refractivity contribution in [2.75, 3.05) is 13.2 Å².